The Kier molecular flexibility index (Phi) is 10.0. The largest absolute Gasteiger partial charge is 0.462 e. The van der Waals surface area contributed by atoms with Gasteiger partial charge in [-0.15, -0.1) is 0 Å². The van der Waals surface area contributed by atoms with Crippen LogP contribution in [0.3, 0.4) is 0 Å². The summed E-state index contributed by atoms with van der Waals surface area (Å²) in [6, 6.07) is 21.8. The SMILES string of the molecule is CCCCCCCCOC(=O)/C(C#N)=C/C=C(c1ccccc1)c1ccccc1. The summed E-state index contributed by atoms with van der Waals surface area (Å²) < 4.78 is 5.29. The summed E-state index contributed by atoms with van der Waals surface area (Å²) in [4.78, 5) is 12.3. The molecule has 150 valence electrons. The first kappa shape index (κ1) is 22.2. The maximum atomic E-state index is 12.3. The van der Waals surface area contributed by atoms with Gasteiger partial charge in [0.15, 0.2) is 0 Å². The molecule has 0 aliphatic carbocycles. The third kappa shape index (κ3) is 7.79. The number of benzene rings is 2. The summed E-state index contributed by atoms with van der Waals surface area (Å²) in [7, 11) is 0. The Morgan fingerprint density at radius 2 is 1.41 bits per heavy atom. The van der Waals surface area contributed by atoms with E-state index < -0.39 is 5.97 Å². The maximum absolute atomic E-state index is 12.3. The van der Waals surface area contributed by atoms with E-state index in [1.165, 1.54) is 19.3 Å². The molecule has 0 aliphatic rings. The molecule has 0 spiro atoms. The van der Waals surface area contributed by atoms with Crippen LogP contribution in [0.4, 0.5) is 0 Å². The van der Waals surface area contributed by atoms with Crippen LogP contribution in [0.1, 0.15) is 56.6 Å². The number of unbranched alkanes of at least 4 members (excludes halogenated alkanes) is 5. The molecule has 2 aromatic rings. The summed E-state index contributed by atoms with van der Waals surface area (Å²) in [5, 5.41) is 9.40. The molecular weight excluding hydrogens is 358 g/mol. The van der Waals surface area contributed by atoms with Gasteiger partial charge >= 0.3 is 5.97 Å². The number of carbonyl (C=O) groups is 1. The van der Waals surface area contributed by atoms with E-state index in [1.807, 2.05) is 72.8 Å². The fraction of sp³-hybridized carbons (Fsp3) is 0.308. The fourth-order valence-electron chi connectivity index (χ4n) is 3.04. The zero-order valence-corrected chi connectivity index (χ0v) is 17.1. The van der Waals surface area contributed by atoms with Crippen LogP contribution in [0.15, 0.2) is 78.4 Å². The normalized spacial score (nSPS) is 10.8. The molecule has 2 aromatic carbocycles. The van der Waals surface area contributed by atoms with E-state index in [4.69, 9.17) is 4.74 Å². The van der Waals surface area contributed by atoms with Gasteiger partial charge in [0.2, 0.25) is 0 Å². The van der Waals surface area contributed by atoms with Gasteiger partial charge in [-0.1, -0.05) is 106 Å². The molecule has 0 N–H and O–H groups in total. The molecular formula is C26H29NO2. The quantitative estimate of drug-likeness (QED) is 0.146. The number of hydrogen-bond acceptors (Lipinski definition) is 3. The third-order valence-electron chi connectivity index (χ3n) is 4.66. The third-order valence-corrected chi connectivity index (χ3v) is 4.66. The van der Waals surface area contributed by atoms with E-state index in [1.54, 1.807) is 6.08 Å². The standard InChI is InChI=1S/C26H29NO2/c1-2-3-4-5-6-13-20-29-26(28)24(21-27)18-19-25(22-14-9-7-10-15-22)23-16-11-8-12-17-23/h7-12,14-19H,2-6,13,20H2,1H3/b24-18+. The number of hydrogen-bond donors (Lipinski definition) is 0. The van der Waals surface area contributed by atoms with Gasteiger partial charge in [-0.2, -0.15) is 5.26 Å². The first-order chi connectivity index (χ1) is 14.3. The van der Waals surface area contributed by atoms with Crippen molar-refractivity contribution in [2.75, 3.05) is 6.61 Å². The summed E-state index contributed by atoms with van der Waals surface area (Å²) in [6.45, 7) is 2.55. The highest BCUT2D eigenvalue weighted by molar-refractivity contribution is 5.94. The molecule has 0 heterocycles. The topological polar surface area (TPSA) is 50.1 Å². The lowest BCUT2D eigenvalue weighted by atomic mass is 9.97. The minimum Gasteiger partial charge on any atom is -0.462 e. The van der Waals surface area contributed by atoms with Crippen molar-refractivity contribution in [2.24, 2.45) is 0 Å². The maximum Gasteiger partial charge on any atom is 0.348 e. The van der Waals surface area contributed by atoms with E-state index in [-0.39, 0.29) is 5.57 Å². The first-order valence-electron chi connectivity index (χ1n) is 10.4. The van der Waals surface area contributed by atoms with Gasteiger partial charge in [-0.25, -0.2) is 4.79 Å². The summed E-state index contributed by atoms with van der Waals surface area (Å²) in [6.07, 6.45) is 10.1. The zero-order chi connectivity index (χ0) is 20.7. The lowest BCUT2D eigenvalue weighted by Gasteiger charge is -2.08. The number of nitrogens with zero attached hydrogens (tertiary/aromatic N) is 1. The summed E-state index contributed by atoms with van der Waals surface area (Å²) in [5.74, 6) is -0.558. The number of ether oxygens (including phenoxy) is 1. The van der Waals surface area contributed by atoms with Crippen molar-refractivity contribution < 1.29 is 9.53 Å². The van der Waals surface area contributed by atoms with Crippen molar-refractivity contribution in [1.29, 1.82) is 5.26 Å². The van der Waals surface area contributed by atoms with Crippen LogP contribution in [0, 0.1) is 11.3 Å². The molecule has 0 aliphatic heterocycles. The lowest BCUT2D eigenvalue weighted by molar-refractivity contribution is -0.138. The highest BCUT2D eigenvalue weighted by Crippen LogP contribution is 2.23. The van der Waals surface area contributed by atoms with E-state index in [0.717, 1.165) is 36.0 Å². The first-order valence-corrected chi connectivity index (χ1v) is 10.4. The van der Waals surface area contributed by atoms with E-state index in [0.29, 0.717) is 6.61 Å². The van der Waals surface area contributed by atoms with Gasteiger partial charge in [-0.05, 0) is 29.2 Å². The molecule has 0 bridgehead atoms. The lowest BCUT2D eigenvalue weighted by Crippen LogP contribution is -2.08. The minimum absolute atomic E-state index is 0.0142. The molecule has 0 unspecified atom stereocenters. The second-order valence-electron chi connectivity index (χ2n) is 6.91. The Morgan fingerprint density at radius 1 is 0.862 bits per heavy atom. The smallest absolute Gasteiger partial charge is 0.348 e. The second-order valence-corrected chi connectivity index (χ2v) is 6.91. The van der Waals surface area contributed by atoms with Crippen LogP contribution in [-0.2, 0) is 9.53 Å². The zero-order valence-electron chi connectivity index (χ0n) is 17.1. The molecule has 29 heavy (non-hydrogen) atoms. The number of nitriles is 1. The van der Waals surface area contributed by atoms with Crippen LogP contribution in [0.2, 0.25) is 0 Å². The van der Waals surface area contributed by atoms with Crippen LogP contribution in [0.5, 0.6) is 0 Å². The van der Waals surface area contributed by atoms with E-state index >= 15 is 0 Å². The average Bonchev–Trinajstić information content (AvgIpc) is 2.77. The fourth-order valence-corrected chi connectivity index (χ4v) is 3.04. The van der Waals surface area contributed by atoms with Crippen molar-refractivity contribution in [3.63, 3.8) is 0 Å². The molecule has 0 amide bonds. The average molecular weight is 388 g/mol. The number of rotatable bonds is 11. The second kappa shape index (κ2) is 13.1. The number of esters is 1. The van der Waals surface area contributed by atoms with Gasteiger partial charge in [0.25, 0.3) is 0 Å². The molecule has 3 heteroatoms. The molecule has 0 radical (unpaired) electrons. The van der Waals surface area contributed by atoms with Crippen molar-refractivity contribution in [3.8, 4) is 6.07 Å². The molecule has 3 nitrogen and oxygen atoms in total. The van der Waals surface area contributed by atoms with E-state index in [2.05, 4.69) is 6.92 Å². The predicted octanol–water partition coefficient (Wildman–Crippen LogP) is 6.47. The summed E-state index contributed by atoms with van der Waals surface area (Å²) >= 11 is 0. The minimum atomic E-state index is -0.558. The van der Waals surface area contributed by atoms with Crippen molar-refractivity contribution in [3.05, 3.63) is 89.5 Å². The summed E-state index contributed by atoms with van der Waals surface area (Å²) in [5.41, 5.74) is 3.00. The molecule has 2 rings (SSSR count). The molecule has 0 fully saturated rings. The number of carbonyl (C=O) groups excluding carboxylic acids is 1. The molecule has 0 saturated heterocycles. The van der Waals surface area contributed by atoms with Crippen molar-refractivity contribution >= 4 is 11.5 Å². The van der Waals surface area contributed by atoms with Gasteiger partial charge in [0, 0.05) is 0 Å². The monoisotopic (exact) mass is 387 g/mol. The van der Waals surface area contributed by atoms with E-state index in [9.17, 15) is 10.1 Å². The van der Waals surface area contributed by atoms with Crippen LogP contribution >= 0.6 is 0 Å². The Hall–Kier alpha value is -3.12. The highest BCUT2D eigenvalue weighted by atomic mass is 16.5. The van der Waals surface area contributed by atoms with Gasteiger partial charge in [0.05, 0.1) is 6.61 Å². The Morgan fingerprint density at radius 3 is 1.97 bits per heavy atom. The van der Waals surface area contributed by atoms with Gasteiger partial charge in [0.1, 0.15) is 11.6 Å². The van der Waals surface area contributed by atoms with Crippen LogP contribution in [-0.4, -0.2) is 12.6 Å². The highest BCUT2D eigenvalue weighted by Gasteiger charge is 2.10. The van der Waals surface area contributed by atoms with Gasteiger partial charge < -0.3 is 4.74 Å². The van der Waals surface area contributed by atoms with Crippen molar-refractivity contribution in [1.82, 2.24) is 0 Å². The Balaban J connectivity index is 2.05. The molecule has 0 atom stereocenters. The van der Waals surface area contributed by atoms with Crippen LogP contribution in [0.25, 0.3) is 5.57 Å². The Labute approximate surface area is 174 Å². The molecule has 0 saturated carbocycles. The van der Waals surface area contributed by atoms with Crippen LogP contribution < -0.4 is 0 Å². The van der Waals surface area contributed by atoms with Gasteiger partial charge in [-0.3, -0.25) is 0 Å². The van der Waals surface area contributed by atoms with Crippen molar-refractivity contribution in [2.45, 2.75) is 45.4 Å². The number of allylic oxidation sites excluding steroid dienone is 2. The Bertz CT molecular complexity index is 804. The molecule has 0 aromatic heterocycles. The predicted molar refractivity (Wildman–Crippen MR) is 118 cm³/mol.